The van der Waals surface area contributed by atoms with E-state index in [1.54, 1.807) is 0 Å². The van der Waals surface area contributed by atoms with Crippen LogP contribution in [-0.2, 0) is 28.5 Å². The number of hydrogen-bond acceptors (Lipinski definition) is 7. The van der Waals surface area contributed by atoms with Gasteiger partial charge in [0.25, 0.3) is 0 Å². The number of rotatable bonds is 21. The molecule has 0 radical (unpaired) electrons. The monoisotopic (exact) mass is 570 g/mol. The smallest absolute Gasteiger partial charge is 0.407 e. The van der Waals surface area contributed by atoms with Crippen molar-refractivity contribution in [2.24, 2.45) is 5.92 Å². The first-order chi connectivity index (χ1) is 20.1. The van der Waals surface area contributed by atoms with Crippen molar-refractivity contribution in [1.82, 2.24) is 10.6 Å². The van der Waals surface area contributed by atoms with Gasteiger partial charge >= 0.3 is 6.09 Å². The lowest BCUT2D eigenvalue weighted by molar-refractivity contribution is -0.126. The van der Waals surface area contributed by atoms with Gasteiger partial charge in [0, 0.05) is 38.8 Å². The minimum Gasteiger partial charge on any atom is -0.449 e. The standard InChI is InChI=1S/C32H46N2O7/c1-25(2)22-40-24-31(35)33-15-9-17-38-19-21-39-20-18-37-16-8-7-14-34-32(36)41-23-30-28-12-5-3-10-26(28)27-11-4-6-13-29(27)30/h3-6,10-13,25,30H,7-9,14-24H2,1-2H3,(H,33,35)(H,34,36). The molecule has 226 valence electrons. The van der Waals surface area contributed by atoms with E-state index in [4.69, 9.17) is 23.7 Å². The van der Waals surface area contributed by atoms with Gasteiger partial charge in [-0.3, -0.25) is 4.79 Å². The summed E-state index contributed by atoms with van der Waals surface area (Å²) in [4.78, 5) is 23.8. The van der Waals surface area contributed by atoms with Gasteiger partial charge in [-0.05, 0) is 47.4 Å². The molecule has 0 fully saturated rings. The number of alkyl carbamates (subject to hydrolysis) is 1. The van der Waals surface area contributed by atoms with Crippen molar-refractivity contribution in [2.75, 3.05) is 72.6 Å². The summed E-state index contributed by atoms with van der Waals surface area (Å²) in [5.41, 5.74) is 4.84. The van der Waals surface area contributed by atoms with Crippen LogP contribution in [0.5, 0.6) is 0 Å². The van der Waals surface area contributed by atoms with E-state index in [1.165, 1.54) is 22.3 Å². The predicted octanol–water partition coefficient (Wildman–Crippen LogP) is 4.53. The number of unbranched alkanes of at least 4 members (excludes halogenated alkanes) is 1. The Morgan fingerprint density at radius 2 is 1.27 bits per heavy atom. The fourth-order valence-electron chi connectivity index (χ4n) is 4.55. The lowest BCUT2D eigenvalue weighted by atomic mass is 9.98. The van der Waals surface area contributed by atoms with Crippen molar-refractivity contribution in [3.05, 3.63) is 59.7 Å². The highest BCUT2D eigenvalue weighted by Gasteiger charge is 2.28. The Labute approximate surface area is 244 Å². The molecule has 0 aliphatic heterocycles. The summed E-state index contributed by atoms with van der Waals surface area (Å²) in [6.45, 7) is 9.44. The van der Waals surface area contributed by atoms with Crippen LogP contribution in [0.25, 0.3) is 11.1 Å². The number of carbonyl (C=O) groups excluding carboxylic acids is 2. The van der Waals surface area contributed by atoms with Gasteiger partial charge in [0.2, 0.25) is 5.91 Å². The zero-order valence-electron chi connectivity index (χ0n) is 24.5. The quantitative estimate of drug-likeness (QED) is 0.213. The third-order valence-electron chi connectivity index (χ3n) is 6.54. The van der Waals surface area contributed by atoms with Crippen molar-refractivity contribution >= 4 is 12.0 Å². The summed E-state index contributed by atoms with van der Waals surface area (Å²) in [6, 6.07) is 16.6. The van der Waals surface area contributed by atoms with Gasteiger partial charge in [0.1, 0.15) is 13.2 Å². The molecule has 2 aromatic carbocycles. The highest BCUT2D eigenvalue weighted by molar-refractivity contribution is 5.79. The molecule has 41 heavy (non-hydrogen) atoms. The lowest BCUT2D eigenvalue weighted by Gasteiger charge is -2.14. The molecular formula is C32H46N2O7. The first-order valence-electron chi connectivity index (χ1n) is 14.7. The first-order valence-corrected chi connectivity index (χ1v) is 14.7. The molecule has 0 aromatic heterocycles. The molecule has 9 heteroatoms. The number of benzene rings is 2. The highest BCUT2D eigenvalue weighted by atomic mass is 16.6. The van der Waals surface area contributed by atoms with Gasteiger partial charge in [0.05, 0.1) is 26.4 Å². The van der Waals surface area contributed by atoms with Crippen molar-refractivity contribution in [2.45, 2.75) is 39.0 Å². The van der Waals surface area contributed by atoms with Gasteiger partial charge in [-0.15, -0.1) is 0 Å². The normalized spacial score (nSPS) is 12.3. The summed E-state index contributed by atoms with van der Waals surface area (Å²) >= 11 is 0. The van der Waals surface area contributed by atoms with E-state index in [0.717, 1.165) is 19.3 Å². The van der Waals surface area contributed by atoms with E-state index in [9.17, 15) is 9.59 Å². The van der Waals surface area contributed by atoms with Crippen LogP contribution in [0.2, 0.25) is 0 Å². The third-order valence-corrected chi connectivity index (χ3v) is 6.54. The second-order valence-electron chi connectivity index (χ2n) is 10.4. The predicted molar refractivity (Wildman–Crippen MR) is 158 cm³/mol. The Morgan fingerprint density at radius 3 is 1.90 bits per heavy atom. The number of hydrogen-bond donors (Lipinski definition) is 2. The zero-order chi connectivity index (χ0) is 29.1. The molecule has 0 saturated heterocycles. The third kappa shape index (κ3) is 12.2. The highest BCUT2D eigenvalue weighted by Crippen LogP contribution is 2.44. The summed E-state index contributed by atoms with van der Waals surface area (Å²) < 4.78 is 27.4. The topological polar surface area (TPSA) is 104 Å². The number of nitrogens with one attached hydrogen (secondary N) is 2. The molecule has 0 heterocycles. The molecular weight excluding hydrogens is 524 g/mol. The van der Waals surface area contributed by atoms with Crippen molar-refractivity contribution in [3.8, 4) is 11.1 Å². The second-order valence-corrected chi connectivity index (χ2v) is 10.4. The van der Waals surface area contributed by atoms with Crippen LogP contribution >= 0.6 is 0 Å². The maximum atomic E-state index is 12.2. The van der Waals surface area contributed by atoms with Crippen LogP contribution in [0.15, 0.2) is 48.5 Å². The number of amides is 2. The van der Waals surface area contributed by atoms with Crippen LogP contribution < -0.4 is 10.6 Å². The molecule has 9 nitrogen and oxygen atoms in total. The summed E-state index contributed by atoms with van der Waals surface area (Å²) in [5, 5.41) is 5.64. The molecule has 0 unspecified atom stereocenters. The molecule has 1 aliphatic carbocycles. The van der Waals surface area contributed by atoms with E-state index < -0.39 is 0 Å². The molecule has 0 bridgehead atoms. The van der Waals surface area contributed by atoms with E-state index in [0.29, 0.717) is 71.9 Å². The summed E-state index contributed by atoms with van der Waals surface area (Å²) in [5.74, 6) is 0.388. The molecule has 3 rings (SSSR count). The Kier molecular flexibility index (Phi) is 15.2. The van der Waals surface area contributed by atoms with E-state index >= 15 is 0 Å². The van der Waals surface area contributed by atoms with Gasteiger partial charge in [-0.1, -0.05) is 62.4 Å². The Balaban J connectivity index is 1.08. The Hall–Kier alpha value is -2.98. The summed E-state index contributed by atoms with van der Waals surface area (Å²) in [7, 11) is 0. The van der Waals surface area contributed by atoms with Crippen LogP contribution in [0.4, 0.5) is 4.79 Å². The molecule has 0 spiro atoms. The molecule has 2 aromatic rings. The first kappa shape index (κ1) is 32.5. The fourth-order valence-corrected chi connectivity index (χ4v) is 4.55. The molecule has 2 amide bonds. The number of carbonyl (C=O) groups is 2. The maximum absolute atomic E-state index is 12.2. The van der Waals surface area contributed by atoms with Crippen molar-refractivity contribution < 1.29 is 33.3 Å². The van der Waals surface area contributed by atoms with Gasteiger partial charge in [-0.25, -0.2) is 4.79 Å². The van der Waals surface area contributed by atoms with E-state index in [2.05, 4.69) is 34.9 Å². The second kappa shape index (κ2) is 19.2. The van der Waals surface area contributed by atoms with Gasteiger partial charge < -0.3 is 34.3 Å². The van der Waals surface area contributed by atoms with Crippen LogP contribution in [-0.4, -0.2) is 84.6 Å². The Morgan fingerprint density at radius 1 is 0.707 bits per heavy atom. The zero-order valence-corrected chi connectivity index (χ0v) is 24.5. The molecule has 2 N–H and O–H groups in total. The Bertz CT molecular complexity index is 1000. The molecule has 0 atom stereocenters. The average Bonchev–Trinajstić information content (AvgIpc) is 3.29. The van der Waals surface area contributed by atoms with Gasteiger partial charge in [-0.2, -0.15) is 0 Å². The van der Waals surface area contributed by atoms with Crippen LogP contribution in [0.3, 0.4) is 0 Å². The van der Waals surface area contributed by atoms with E-state index in [1.807, 2.05) is 38.1 Å². The van der Waals surface area contributed by atoms with Gasteiger partial charge in [0.15, 0.2) is 0 Å². The van der Waals surface area contributed by atoms with E-state index in [-0.39, 0.29) is 24.5 Å². The fraction of sp³-hybridized carbons (Fsp3) is 0.562. The molecule has 0 saturated carbocycles. The number of fused-ring (bicyclic) bond motifs is 3. The summed E-state index contributed by atoms with van der Waals surface area (Å²) in [6.07, 6.45) is 2.01. The lowest BCUT2D eigenvalue weighted by Crippen LogP contribution is -2.29. The van der Waals surface area contributed by atoms with Crippen molar-refractivity contribution in [1.29, 1.82) is 0 Å². The minimum absolute atomic E-state index is 0.0645. The van der Waals surface area contributed by atoms with Crippen LogP contribution in [0.1, 0.15) is 50.2 Å². The van der Waals surface area contributed by atoms with Crippen molar-refractivity contribution in [3.63, 3.8) is 0 Å². The largest absolute Gasteiger partial charge is 0.449 e. The van der Waals surface area contributed by atoms with Crippen LogP contribution in [0, 0.1) is 5.92 Å². The minimum atomic E-state index is -0.389. The number of ether oxygens (including phenoxy) is 5. The molecule has 1 aliphatic rings. The maximum Gasteiger partial charge on any atom is 0.407 e. The SMILES string of the molecule is CC(C)COCC(=O)NCCCOCCOCCOCCCCNC(=O)OCC1c2ccccc2-c2ccccc21. The average molecular weight is 571 g/mol.